The lowest BCUT2D eigenvalue weighted by molar-refractivity contribution is -0.114. The molecule has 70 valence electrons. The topological polar surface area (TPSA) is 75.3 Å². The number of anilines is 2. The van der Waals surface area contributed by atoms with Gasteiger partial charge < -0.3 is 10.6 Å². The lowest BCUT2D eigenvalue weighted by Gasteiger charge is -2.11. The summed E-state index contributed by atoms with van der Waals surface area (Å²) in [5, 5.41) is 5.01. The summed E-state index contributed by atoms with van der Waals surface area (Å²) in [7, 11) is 0. The molecular weight excluding hydrogens is 172 g/mol. The fourth-order valence-electron chi connectivity index (χ4n) is 1.03. The lowest BCUT2D eigenvalue weighted by Crippen LogP contribution is -2.38. The maximum absolute atomic E-state index is 10.9. The zero-order valence-electron chi connectivity index (χ0n) is 7.43. The molecule has 0 aromatic heterocycles. The second kappa shape index (κ2) is 3.38. The van der Waals surface area contributed by atoms with Crippen LogP contribution in [0.4, 0.5) is 11.4 Å². The second-order valence-corrected chi connectivity index (χ2v) is 2.62. The first-order valence-electron chi connectivity index (χ1n) is 3.92. The van der Waals surface area contributed by atoms with E-state index in [2.05, 4.69) is 10.6 Å². The van der Waals surface area contributed by atoms with Crippen molar-refractivity contribution in [3.63, 3.8) is 0 Å². The van der Waals surface area contributed by atoms with Crippen molar-refractivity contribution >= 4 is 17.3 Å². The van der Waals surface area contributed by atoms with Gasteiger partial charge in [0.25, 0.3) is 10.9 Å². The first-order valence-corrected chi connectivity index (χ1v) is 3.92. The Labute approximate surface area is 74.5 Å². The Morgan fingerprint density at radius 1 is 1.23 bits per heavy atom. The van der Waals surface area contributed by atoms with Gasteiger partial charge in [-0.15, -0.1) is 0 Å². The first-order chi connectivity index (χ1) is 6.07. The summed E-state index contributed by atoms with van der Waals surface area (Å²) in [6, 6.07) is 0. The van der Waals surface area contributed by atoms with Crippen molar-refractivity contribution in [1.82, 2.24) is 0 Å². The van der Waals surface area contributed by atoms with Crippen LogP contribution in [0.5, 0.6) is 0 Å². The van der Waals surface area contributed by atoms with Crippen LogP contribution in [0.25, 0.3) is 0 Å². The third-order valence-electron chi connectivity index (χ3n) is 1.56. The SMILES string of the molecule is CCNc1c(NC(C)=O)c(=O)c1=O. The van der Waals surface area contributed by atoms with Gasteiger partial charge in [0.1, 0.15) is 11.4 Å². The van der Waals surface area contributed by atoms with E-state index in [1.54, 1.807) is 6.92 Å². The highest BCUT2D eigenvalue weighted by Crippen LogP contribution is 2.13. The Morgan fingerprint density at radius 2 is 1.77 bits per heavy atom. The van der Waals surface area contributed by atoms with Crippen molar-refractivity contribution in [1.29, 1.82) is 0 Å². The van der Waals surface area contributed by atoms with Crippen LogP contribution in [0.3, 0.4) is 0 Å². The Balaban J connectivity index is 2.94. The molecule has 1 rings (SSSR count). The van der Waals surface area contributed by atoms with Crippen molar-refractivity contribution in [2.45, 2.75) is 13.8 Å². The number of rotatable bonds is 3. The molecule has 0 fully saturated rings. The summed E-state index contributed by atoms with van der Waals surface area (Å²) in [4.78, 5) is 32.5. The Morgan fingerprint density at radius 3 is 2.23 bits per heavy atom. The van der Waals surface area contributed by atoms with Gasteiger partial charge in [0, 0.05) is 13.5 Å². The number of amides is 1. The van der Waals surface area contributed by atoms with Gasteiger partial charge in [0.2, 0.25) is 5.91 Å². The van der Waals surface area contributed by atoms with Gasteiger partial charge in [-0.1, -0.05) is 0 Å². The predicted octanol–water partition coefficient (Wildman–Crippen LogP) is -0.327. The molecule has 0 atom stereocenters. The van der Waals surface area contributed by atoms with E-state index >= 15 is 0 Å². The summed E-state index contributed by atoms with van der Waals surface area (Å²) in [6.45, 7) is 3.62. The third kappa shape index (κ3) is 1.58. The maximum atomic E-state index is 10.9. The van der Waals surface area contributed by atoms with Crippen LogP contribution in [-0.2, 0) is 4.79 Å². The molecule has 0 aliphatic carbocycles. The predicted molar refractivity (Wildman–Crippen MR) is 49.8 cm³/mol. The normalized spacial score (nSPS) is 10.0. The van der Waals surface area contributed by atoms with Crippen molar-refractivity contribution < 1.29 is 4.79 Å². The van der Waals surface area contributed by atoms with Crippen LogP contribution in [0.1, 0.15) is 13.8 Å². The van der Waals surface area contributed by atoms with E-state index < -0.39 is 10.9 Å². The van der Waals surface area contributed by atoms with E-state index in [1.165, 1.54) is 6.92 Å². The average molecular weight is 182 g/mol. The zero-order chi connectivity index (χ0) is 10.0. The van der Waals surface area contributed by atoms with Crippen LogP contribution in [0, 0.1) is 0 Å². The molecule has 2 N–H and O–H groups in total. The monoisotopic (exact) mass is 182 g/mol. The van der Waals surface area contributed by atoms with Crippen molar-refractivity contribution in [3.05, 3.63) is 20.4 Å². The minimum Gasteiger partial charge on any atom is -0.380 e. The molecule has 0 spiro atoms. The fraction of sp³-hybridized carbons (Fsp3) is 0.375. The van der Waals surface area contributed by atoms with E-state index in [0.717, 1.165) is 0 Å². The molecule has 1 amide bonds. The van der Waals surface area contributed by atoms with E-state index in [4.69, 9.17) is 0 Å². The minimum absolute atomic E-state index is 0.0827. The molecule has 0 unspecified atom stereocenters. The van der Waals surface area contributed by atoms with Crippen LogP contribution < -0.4 is 21.5 Å². The molecule has 0 aliphatic rings. The highest BCUT2D eigenvalue weighted by molar-refractivity contribution is 5.94. The summed E-state index contributed by atoms with van der Waals surface area (Å²) < 4.78 is 0. The van der Waals surface area contributed by atoms with Gasteiger partial charge in [-0.05, 0) is 6.92 Å². The molecule has 5 heteroatoms. The van der Waals surface area contributed by atoms with Crippen molar-refractivity contribution in [2.24, 2.45) is 0 Å². The van der Waals surface area contributed by atoms with Gasteiger partial charge in [-0.25, -0.2) is 0 Å². The molecule has 0 saturated carbocycles. The summed E-state index contributed by atoms with van der Waals surface area (Å²) in [5.74, 6) is -0.355. The highest BCUT2D eigenvalue weighted by Gasteiger charge is 2.20. The van der Waals surface area contributed by atoms with Gasteiger partial charge in [0.05, 0.1) is 0 Å². The third-order valence-corrected chi connectivity index (χ3v) is 1.56. The number of nitrogens with one attached hydrogen (secondary N) is 2. The quantitative estimate of drug-likeness (QED) is 0.628. The van der Waals surface area contributed by atoms with E-state index in [0.29, 0.717) is 6.54 Å². The van der Waals surface area contributed by atoms with Crippen LogP contribution in [0.2, 0.25) is 0 Å². The summed E-state index contributed by atoms with van der Waals surface area (Å²) >= 11 is 0. The minimum atomic E-state index is -0.633. The summed E-state index contributed by atoms with van der Waals surface area (Å²) in [6.07, 6.45) is 0. The average Bonchev–Trinajstić information content (AvgIpc) is 2.10. The Hall–Kier alpha value is -1.65. The van der Waals surface area contributed by atoms with Crippen LogP contribution in [-0.4, -0.2) is 12.5 Å². The summed E-state index contributed by atoms with van der Waals surface area (Å²) in [5.41, 5.74) is -0.904. The van der Waals surface area contributed by atoms with Crippen molar-refractivity contribution in [2.75, 3.05) is 17.2 Å². The first kappa shape index (κ1) is 9.44. The molecule has 1 aromatic rings. The molecule has 0 aliphatic heterocycles. The smallest absolute Gasteiger partial charge is 0.253 e. The Kier molecular flexibility index (Phi) is 2.46. The van der Waals surface area contributed by atoms with E-state index in [1.807, 2.05) is 0 Å². The van der Waals surface area contributed by atoms with Gasteiger partial charge in [-0.3, -0.25) is 14.4 Å². The van der Waals surface area contributed by atoms with Crippen LogP contribution >= 0.6 is 0 Å². The van der Waals surface area contributed by atoms with Crippen LogP contribution in [0.15, 0.2) is 9.59 Å². The lowest BCUT2D eigenvalue weighted by atomic mass is 10.2. The Bertz CT molecular complexity index is 401. The molecule has 13 heavy (non-hydrogen) atoms. The molecule has 5 nitrogen and oxygen atoms in total. The van der Waals surface area contributed by atoms with Crippen molar-refractivity contribution in [3.8, 4) is 0 Å². The fourth-order valence-corrected chi connectivity index (χ4v) is 1.03. The molecule has 0 bridgehead atoms. The second-order valence-electron chi connectivity index (χ2n) is 2.62. The molecule has 1 aromatic carbocycles. The van der Waals surface area contributed by atoms with E-state index in [-0.39, 0.29) is 17.3 Å². The molecule has 0 heterocycles. The number of hydrogen-bond donors (Lipinski definition) is 2. The maximum Gasteiger partial charge on any atom is 0.253 e. The number of carbonyl (C=O) groups is 1. The molecule has 0 radical (unpaired) electrons. The number of carbonyl (C=O) groups excluding carboxylic acids is 1. The zero-order valence-corrected chi connectivity index (χ0v) is 7.43. The molecular formula is C8H10N2O3. The highest BCUT2D eigenvalue weighted by atomic mass is 16.2. The van der Waals surface area contributed by atoms with E-state index in [9.17, 15) is 14.4 Å². The van der Waals surface area contributed by atoms with Gasteiger partial charge in [0.15, 0.2) is 0 Å². The van der Waals surface area contributed by atoms with Gasteiger partial charge >= 0.3 is 0 Å². The standard InChI is InChI=1S/C8H10N2O3/c1-3-9-5-6(10-4(2)11)8(13)7(5)12/h9H,3H2,1-2H3,(H,10,11). The van der Waals surface area contributed by atoms with Gasteiger partial charge in [-0.2, -0.15) is 0 Å². The largest absolute Gasteiger partial charge is 0.380 e. The molecule has 0 saturated heterocycles. The number of hydrogen-bond acceptors (Lipinski definition) is 4.